The summed E-state index contributed by atoms with van der Waals surface area (Å²) in [5, 5.41) is 5.78. The Bertz CT molecular complexity index is 1160. The first-order chi connectivity index (χ1) is 14.3. The number of nitrogens with two attached hydrogens (primary N) is 1. The Labute approximate surface area is 187 Å². The van der Waals surface area contributed by atoms with Gasteiger partial charge in [0.15, 0.2) is 0 Å². The maximum absolute atomic E-state index is 12.9. The standard InChI is InChI=1S/C20H16Cl3N5O2/c21-13-7-12(8-25-9-13)19-18(20(24)30)16-10-27(3-4-28(16)26-19)17(29)6-11-1-2-14(22)15(23)5-11/h1-2,5,7-9H,3-4,6,10H2,(H2,24,30). The maximum Gasteiger partial charge on any atom is 0.252 e. The SMILES string of the molecule is NC(=O)c1c(-c2cncc(Cl)c2)nn2c1CN(C(=O)Cc1ccc(Cl)c(Cl)c1)CC2. The molecule has 4 rings (SSSR count). The molecule has 7 nitrogen and oxygen atoms in total. The van der Waals surface area contributed by atoms with E-state index in [1.807, 2.05) is 0 Å². The van der Waals surface area contributed by atoms with Crippen molar-refractivity contribution in [1.29, 1.82) is 0 Å². The predicted octanol–water partition coefficient (Wildman–Crippen LogP) is 3.59. The monoisotopic (exact) mass is 463 g/mol. The van der Waals surface area contributed by atoms with Gasteiger partial charge < -0.3 is 10.6 Å². The second kappa shape index (κ2) is 8.26. The van der Waals surface area contributed by atoms with Crippen LogP contribution in [0.2, 0.25) is 15.1 Å². The number of aromatic nitrogens is 3. The fourth-order valence-corrected chi connectivity index (χ4v) is 3.96. The molecular formula is C20H16Cl3N5O2. The quantitative estimate of drug-likeness (QED) is 0.638. The van der Waals surface area contributed by atoms with Crippen LogP contribution in [-0.4, -0.2) is 38.0 Å². The average Bonchev–Trinajstić information content (AvgIpc) is 3.10. The molecule has 0 aliphatic carbocycles. The third-order valence-electron chi connectivity index (χ3n) is 4.90. The van der Waals surface area contributed by atoms with Gasteiger partial charge in [-0.05, 0) is 23.8 Å². The van der Waals surface area contributed by atoms with Gasteiger partial charge in [-0.3, -0.25) is 19.3 Å². The van der Waals surface area contributed by atoms with E-state index in [2.05, 4.69) is 10.1 Å². The van der Waals surface area contributed by atoms with Crippen LogP contribution in [0.5, 0.6) is 0 Å². The highest BCUT2D eigenvalue weighted by Gasteiger charge is 2.29. The number of hydrogen-bond donors (Lipinski definition) is 1. The third-order valence-corrected chi connectivity index (χ3v) is 5.84. The van der Waals surface area contributed by atoms with Crippen molar-refractivity contribution in [2.45, 2.75) is 19.5 Å². The molecule has 0 unspecified atom stereocenters. The minimum Gasteiger partial charge on any atom is -0.365 e. The topological polar surface area (TPSA) is 94.1 Å². The van der Waals surface area contributed by atoms with Crippen LogP contribution in [0.1, 0.15) is 21.6 Å². The maximum atomic E-state index is 12.9. The number of halogens is 3. The normalized spacial score (nSPS) is 13.2. The Morgan fingerprint density at radius 1 is 1.07 bits per heavy atom. The fraction of sp³-hybridized carbons (Fsp3) is 0.200. The molecule has 0 saturated heterocycles. The first-order valence-corrected chi connectivity index (χ1v) is 10.2. The molecule has 1 aliphatic heterocycles. The lowest BCUT2D eigenvalue weighted by atomic mass is 10.1. The van der Waals surface area contributed by atoms with Crippen molar-refractivity contribution >= 4 is 46.6 Å². The van der Waals surface area contributed by atoms with E-state index in [4.69, 9.17) is 40.5 Å². The van der Waals surface area contributed by atoms with Gasteiger partial charge in [0.1, 0.15) is 5.69 Å². The van der Waals surface area contributed by atoms with Crippen LogP contribution in [0.3, 0.4) is 0 Å². The number of rotatable bonds is 4. The molecule has 3 aromatic rings. The molecule has 0 atom stereocenters. The zero-order valence-electron chi connectivity index (χ0n) is 15.6. The minimum atomic E-state index is -0.620. The fourth-order valence-electron chi connectivity index (χ4n) is 3.47. The highest BCUT2D eigenvalue weighted by Crippen LogP contribution is 2.29. The van der Waals surface area contributed by atoms with E-state index in [0.29, 0.717) is 45.1 Å². The number of nitrogens with zero attached hydrogens (tertiary/aromatic N) is 4. The molecule has 2 aromatic heterocycles. The van der Waals surface area contributed by atoms with Crippen LogP contribution < -0.4 is 5.73 Å². The smallest absolute Gasteiger partial charge is 0.252 e. The number of amides is 2. The van der Waals surface area contributed by atoms with E-state index in [-0.39, 0.29) is 24.4 Å². The van der Waals surface area contributed by atoms with Gasteiger partial charge in [0.2, 0.25) is 5.91 Å². The molecule has 10 heteroatoms. The summed E-state index contributed by atoms with van der Waals surface area (Å²) in [5.74, 6) is -0.716. The van der Waals surface area contributed by atoms with Crippen LogP contribution in [0.15, 0.2) is 36.7 Å². The van der Waals surface area contributed by atoms with E-state index in [1.165, 1.54) is 6.20 Å². The number of pyridine rings is 1. The summed E-state index contributed by atoms with van der Waals surface area (Å²) in [4.78, 5) is 30.8. The van der Waals surface area contributed by atoms with Crippen molar-refractivity contribution in [3.8, 4) is 11.3 Å². The van der Waals surface area contributed by atoms with E-state index in [0.717, 1.165) is 5.56 Å². The second-order valence-corrected chi connectivity index (χ2v) is 8.14. The molecular weight excluding hydrogens is 449 g/mol. The highest BCUT2D eigenvalue weighted by atomic mass is 35.5. The molecule has 30 heavy (non-hydrogen) atoms. The van der Waals surface area contributed by atoms with Crippen molar-refractivity contribution in [3.05, 3.63) is 68.5 Å². The Hall–Kier alpha value is -2.61. The van der Waals surface area contributed by atoms with Crippen LogP contribution in [0.4, 0.5) is 0 Å². The minimum absolute atomic E-state index is 0.0952. The molecule has 2 amide bonds. The van der Waals surface area contributed by atoms with E-state index in [9.17, 15) is 9.59 Å². The van der Waals surface area contributed by atoms with Gasteiger partial charge in [0, 0.05) is 24.5 Å². The van der Waals surface area contributed by atoms with Crippen molar-refractivity contribution in [2.75, 3.05) is 6.54 Å². The summed E-state index contributed by atoms with van der Waals surface area (Å²) < 4.78 is 1.71. The number of fused-ring (bicyclic) bond motifs is 1. The van der Waals surface area contributed by atoms with Crippen molar-refractivity contribution in [1.82, 2.24) is 19.7 Å². The molecule has 1 aliphatic rings. The molecule has 0 fully saturated rings. The molecule has 0 radical (unpaired) electrons. The summed E-state index contributed by atoms with van der Waals surface area (Å²) in [6.07, 6.45) is 3.23. The molecule has 0 spiro atoms. The van der Waals surface area contributed by atoms with Crippen molar-refractivity contribution in [2.24, 2.45) is 5.73 Å². The van der Waals surface area contributed by atoms with Gasteiger partial charge in [-0.2, -0.15) is 5.10 Å². The van der Waals surface area contributed by atoms with Gasteiger partial charge in [0.25, 0.3) is 5.91 Å². The van der Waals surface area contributed by atoms with Gasteiger partial charge in [0.05, 0.1) is 45.8 Å². The molecule has 0 bridgehead atoms. The number of carbonyl (C=O) groups is 2. The molecule has 2 N–H and O–H groups in total. The highest BCUT2D eigenvalue weighted by molar-refractivity contribution is 6.42. The van der Waals surface area contributed by atoms with Gasteiger partial charge in [-0.25, -0.2) is 0 Å². The first kappa shape index (κ1) is 20.7. The molecule has 0 saturated carbocycles. The van der Waals surface area contributed by atoms with Crippen molar-refractivity contribution < 1.29 is 9.59 Å². The lowest BCUT2D eigenvalue weighted by Crippen LogP contribution is -2.40. The summed E-state index contributed by atoms with van der Waals surface area (Å²) >= 11 is 18.0. The van der Waals surface area contributed by atoms with Crippen LogP contribution in [0.25, 0.3) is 11.3 Å². The third kappa shape index (κ3) is 4.01. The van der Waals surface area contributed by atoms with E-state index in [1.54, 1.807) is 40.0 Å². The number of hydrogen-bond acceptors (Lipinski definition) is 4. The number of carbonyl (C=O) groups excluding carboxylic acids is 2. The summed E-state index contributed by atoms with van der Waals surface area (Å²) in [5.41, 5.74) is 8.27. The number of benzene rings is 1. The van der Waals surface area contributed by atoms with Gasteiger partial charge in [-0.15, -0.1) is 0 Å². The van der Waals surface area contributed by atoms with E-state index >= 15 is 0 Å². The first-order valence-electron chi connectivity index (χ1n) is 9.05. The summed E-state index contributed by atoms with van der Waals surface area (Å²) in [7, 11) is 0. The van der Waals surface area contributed by atoms with Crippen LogP contribution in [-0.2, 0) is 24.3 Å². The molecule has 154 valence electrons. The van der Waals surface area contributed by atoms with Crippen LogP contribution >= 0.6 is 34.8 Å². The Balaban J connectivity index is 1.62. The zero-order chi connectivity index (χ0) is 21.4. The lowest BCUT2D eigenvalue weighted by Gasteiger charge is -2.28. The lowest BCUT2D eigenvalue weighted by molar-refractivity contribution is -0.132. The number of primary amides is 1. The summed E-state index contributed by atoms with van der Waals surface area (Å²) in [6, 6.07) is 6.77. The van der Waals surface area contributed by atoms with Gasteiger partial charge >= 0.3 is 0 Å². The molecule has 1 aromatic carbocycles. The Morgan fingerprint density at radius 3 is 2.57 bits per heavy atom. The Kier molecular flexibility index (Phi) is 5.69. The zero-order valence-corrected chi connectivity index (χ0v) is 17.9. The Morgan fingerprint density at radius 2 is 1.87 bits per heavy atom. The van der Waals surface area contributed by atoms with E-state index < -0.39 is 5.91 Å². The largest absolute Gasteiger partial charge is 0.365 e. The second-order valence-electron chi connectivity index (χ2n) is 6.89. The predicted molar refractivity (Wildman–Crippen MR) is 115 cm³/mol. The molecule has 3 heterocycles. The van der Waals surface area contributed by atoms with Crippen LogP contribution in [0, 0.1) is 0 Å². The van der Waals surface area contributed by atoms with Crippen molar-refractivity contribution in [3.63, 3.8) is 0 Å². The van der Waals surface area contributed by atoms with Gasteiger partial charge in [-0.1, -0.05) is 40.9 Å². The summed E-state index contributed by atoms with van der Waals surface area (Å²) in [6.45, 7) is 1.12. The average molecular weight is 465 g/mol.